The Balaban J connectivity index is 1.20. The zero-order chi connectivity index (χ0) is 26.9. The van der Waals surface area contributed by atoms with Crippen LogP contribution in [-0.2, 0) is 4.74 Å². The number of pyridine rings is 1. The van der Waals surface area contributed by atoms with Crippen molar-refractivity contribution in [3.63, 3.8) is 0 Å². The number of carbonyl (C=O) groups is 1. The molecule has 0 spiro atoms. The Morgan fingerprint density at radius 2 is 2.10 bits per heavy atom. The van der Waals surface area contributed by atoms with Crippen LogP contribution in [0.25, 0.3) is 31.8 Å². The Kier molecular flexibility index (Phi) is 6.26. The molecule has 2 aromatic carbocycles. The standard InChI is InChI=1S/C27H20N6O5S/c1-14-5-18(23-20(6-14)32-22(35-2)11-30-23)26-33-19-3-4-21-24(25(19)39-26)36-12-17(38-21)13-37-27(34)31-16-7-15(8-28)9-29-10-16/h3-7,9-11,17H,12-13H2,1-2H3,(H,31,34)/t17-/m1/s1. The minimum absolute atomic E-state index is 0.0277. The fraction of sp³-hybridized carbons (Fsp3) is 0.185. The van der Waals surface area contributed by atoms with Gasteiger partial charge in [-0.05, 0) is 42.8 Å². The lowest BCUT2D eigenvalue weighted by Gasteiger charge is -2.26. The highest BCUT2D eigenvalue weighted by Gasteiger charge is 2.26. The lowest BCUT2D eigenvalue weighted by molar-refractivity contribution is 0.0383. The van der Waals surface area contributed by atoms with Gasteiger partial charge in [-0.2, -0.15) is 5.26 Å². The number of methoxy groups -OCH3 is 1. The van der Waals surface area contributed by atoms with Crippen LogP contribution in [0.5, 0.6) is 17.4 Å². The van der Waals surface area contributed by atoms with Gasteiger partial charge in [0, 0.05) is 11.8 Å². The highest BCUT2D eigenvalue weighted by Crippen LogP contribution is 2.44. The van der Waals surface area contributed by atoms with Gasteiger partial charge in [0.2, 0.25) is 5.88 Å². The van der Waals surface area contributed by atoms with Crippen molar-refractivity contribution in [2.45, 2.75) is 13.0 Å². The molecule has 1 amide bonds. The van der Waals surface area contributed by atoms with Crippen LogP contribution in [0.1, 0.15) is 11.1 Å². The molecule has 0 aliphatic carbocycles. The summed E-state index contributed by atoms with van der Waals surface area (Å²) < 4.78 is 23.5. The van der Waals surface area contributed by atoms with Gasteiger partial charge in [-0.15, -0.1) is 11.3 Å². The second kappa shape index (κ2) is 10.0. The largest absolute Gasteiger partial charge is 0.484 e. The van der Waals surface area contributed by atoms with E-state index in [0.29, 0.717) is 28.6 Å². The summed E-state index contributed by atoms with van der Waals surface area (Å²) in [7, 11) is 1.56. The molecule has 194 valence electrons. The van der Waals surface area contributed by atoms with Crippen LogP contribution < -0.4 is 19.5 Å². The van der Waals surface area contributed by atoms with E-state index in [1.54, 1.807) is 19.4 Å². The lowest BCUT2D eigenvalue weighted by Crippen LogP contribution is -2.35. The average Bonchev–Trinajstić information content (AvgIpc) is 3.40. The number of nitriles is 1. The number of hydrogen-bond donors (Lipinski definition) is 1. The van der Waals surface area contributed by atoms with E-state index in [-0.39, 0.29) is 13.2 Å². The third-order valence-electron chi connectivity index (χ3n) is 5.91. The van der Waals surface area contributed by atoms with Gasteiger partial charge in [-0.3, -0.25) is 10.3 Å². The second-order valence-electron chi connectivity index (χ2n) is 8.70. The second-order valence-corrected chi connectivity index (χ2v) is 9.70. The quantitative estimate of drug-likeness (QED) is 0.328. The number of nitrogens with zero attached hydrogens (tertiary/aromatic N) is 5. The number of anilines is 1. The zero-order valence-corrected chi connectivity index (χ0v) is 21.6. The van der Waals surface area contributed by atoms with Crippen LogP contribution in [0.15, 0.2) is 48.9 Å². The van der Waals surface area contributed by atoms with E-state index in [0.717, 1.165) is 37.4 Å². The molecule has 11 nitrogen and oxygen atoms in total. The molecule has 0 radical (unpaired) electrons. The molecule has 5 aromatic rings. The van der Waals surface area contributed by atoms with Crippen LogP contribution in [0, 0.1) is 18.3 Å². The number of ether oxygens (including phenoxy) is 4. The summed E-state index contributed by atoms with van der Waals surface area (Å²) in [5.74, 6) is 1.59. The first-order valence-corrected chi connectivity index (χ1v) is 12.7. The van der Waals surface area contributed by atoms with Gasteiger partial charge in [0.25, 0.3) is 0 Å². The molecule has 4 heterocycles. The summed E-state index contributed by atoms with van der Waals surface area (Å²) in [5, 5.41) is 12.3. The molecule has 1 atom stereocenters. The van der Waals surface area contributed by atoms with Gasteiger partial charge in [0.1, 0.15) is 29.0 Å². The van der Waals surface area contributed by atoms with Crippen LogP contribution in [0.4, 0.5) is 10.5 Å². The Morgan fingerprint density at radius 1 is 1.21 bits per heavy atom. The first kappa shape index (κ1) is 24.3. The molecule has 39 heavy (non-hydrogen) atoms. The summed E-state index contributed by atoms with van der Waals surface area (Å²) in [6.07, 6.45) is 3.24. The molecule has 0 unspecified atom stereocenters. The fourth-order valence-electron chi connectivity index (χ4n) is 4.17. The third kappa shape index (κ3) is 4.83. The molecule has 0 saturated carbocycles. The van der Waals surface area contributed by atoms with Gasteiger partial charge >= 0.3 is 6.09 Å². The highest BCUT2D eigenvalue weighted by molar-refractivity contribution is 7.22. The summed E-state index contributed by atoms with van der Waals surface area (Å²) >= 11 is 1.48. The Morgan fingerprint density at radius 3 is 2.95 bits per heavy atom. The minimum Gasteiger partial charge on any atom is -0.484 e. The minimum atomic E-state index is -0.685. The molecule has 6 rings (SSSR count). The van der Waals surface area contributed by atoms with E-state index < -0.39 is 12.2 Å². The van der Waals surface area contributed by atoms with Crippen molar-refractivity contribution in [3.8, 4) is 34.0 Å². The number of thiazole rings is 1. The van der Waals surface area contributed by atoms with Gasteiger partial charge < -0.3 is 18.9 Å². The number of amides is 1. The maximum atomic E-state index is 12.2. The lowest BCUT2D eigenvalue weighted by atomic mass is 10.1. The van der Waals surface area contributed by atoms with Crippen molar-refractivity contribution in [1.82, 2.24) is 19.9 Å². The van der Waals surface area contributed by atoms with Gasteiger partial charge in [0.05, 0.1) is 47.3 Å². The molecule has 0 fully saturated rings. The van der Waals surface area contributed by atoms with Crippen molar-refractivity contribution in [3.05, 3.63) is 60.0 Å². The van der Waals surface area contributed by atoms with Crippen LogP contribution >= 0.6 is 11.3 Å². The van der Waals surface area contributed by atoms with E-state index in [1.165, 1.54) is 29.8 Å². The zero-order valence-electron chi connectivity index (χ0n) is 20.8. The van der Waals surface area contributed by atoms with Crippen molar-refractivity contribution in [2.75, 3.05) is 25.6 Å². The van der Waals surface area contributed by atoms with Crippen molar-refractivity contribution >= 4 is 44.4 Å². The Hall–Kier alpha value is -5.02. The van der Waals surface area contributed by atoms with E-state index in [4.69, 9.17) is 29.2 Å². The van der Waals surface area contributed by atoms with Crippen LogP contribution in [0.3, 0.4) is 0 Å². The Labute approximate surface area is 226 Å². The van der Waals surface area contributed by atoms with Crippen molar-refractivity contribution in [1.29, 1.82) is 5.26 Å². The normalized spacial score (nSPS) is 14.1. The number of rotatable bonds is 5. The summed E-state index contributed by atoms with van der Waals surface area (Å²) in [6.45, 7) is 2.16. The van der Waals surface area contributed by atoms with E-state index in [1.807, 2.05) is 31.2 Å². The number of fused-ring (bicyclic) bond motifs is 4. The molecule has 1 aliphatic rings. The molecule has 3 aromatic heterocycles. The van der Waals surface area contributed by atoms with Gasteiger partial charge in [0.15, 0.2) is 17.6 Å². The van der Waals surface area contributed by atoms with Gasteiger partial charge in [-0.1, -0.05) is 0 Å². The predicted molar refractivity (Wildman–Crippen MR) is 143 cm³/mol. The maximum Gasteiger partial charge on any atom is 0.411 e. The Bertz CT molecular complexity index is 1780. The topological polar surface area (TPSA) is 141 Å². The molecule has 1 N–H and O–H groups in total. The summed E-state index contributed by atoms with van der Waals surface area (Å²) in [4.78, 5) is 30.0. The number of carbonyl (C=O) groups excluding carboxylic acids is 1. The van der Waals surface area contributed by atoms with E-state index in [9.17, 15) is 4.79 Å². The van der Waals surface area contributed by atoms with Crippen molar-refractivity contribution < 1.29 is 23.7 Å². The van der Waals surface area contributed by atoms with Crippen LogP contribution in [0.2, 0.25) is 0 Å². The first-order valence-electron chi connectivity index (χ1n) is 11.8. The average molecular weight is 541 g/mol. The van der Waals surface area contributed by atoms with Gasteiger partial charge in [-0.25, -0.2) is 19.7 Å². The molecule has 12 heteroatoms. The van der Waals surface area contributed by atoms with Crippen molar-refractivity contribution in [2.24, 2.45) is 0 Å². The number of nitrogens with one attached hydrogen (secondary N) is 1. The molecule has 0 bridgehead atoms. The molecule has 1 aliphatic heterocycles. The number of benzene rings is 2. The maximum absolute atomic E-state index is 12.2. The predicted octanol–water partition coefficient (Wildman–Crippen LogP) is 4.88. The molecular formula is C27H20N6O5S. The number of aryl methyl sites for hydroxylation is 1. The van der Waals surface area contributed by atoms with E-state index in [2.05, 4.69) is 20.3 Å². The molecular weight excluding hydrogens is 520 g/mol. The summed E-state index contributed by atoms with van der Waals surface area (Å²) in [6, 6.07) is 11.1. The SMILES string of the molecule is COc1cnc2c(-c3nc4ccc5c(c4s3)OC[C@H](COC(=O)Nc3cncc(C#N)c3)O5)cc(C)cc2n1. The molecule has 0 saturated heterocycles. The first-order chi connectivity index (χ1) is 19.0. The van der Waals surface area contributed by atoms with Crippen LogP contribution in [-0.4, -0.2) is 52.5 Å². The number of aromatic nitrogens is 4. The fourth-order valence-corrected chi connectivity index (χ4v) is 5.24. The third-order valence-corrected chi connectivity index (χ3v) is 7.01. The van der Waals surface area contributed by atoms with E-state index >= 15 is 0 Å². The summed E-state index contributed by atoms with van der Waals surface area (Å²) in [5.41, 5.74) is 4.83. The number of hydrogen-bond acceptors (Lipinski definition) is 11. The highest BCUT2D eigenvalue weighted by atomic mass is 32.1. The smallest absolute Gasteiger partial charge is 0.411 e. The monoisotopic (exact) mass is 540 g/mol.